The van der Waals surface area contributed by atoms with Crippen molar-refractivity contribution in [2.75, 3.05) is 30.5 Å². The van der Waals surface area contributed by atoms with Crippen LogP contribution in [0.5, 0.6) is 6.01 Å². The van der Waals surface area contributed by atoms with E-state index in [-0.39, 0.29) is 6.10 Å². The van der Waals surface area contributed by atoms with Gasteiger partial charge in [0, 0.05) is 14.1 Å². The number of ether oxygens (including phenoxy) is 1. The molecule has 0 saturated carbocycles. The van der Waals surface area contributed by atoms with E-state index in [4.69, 9.17) is 10.5 Å². The summed E-state index contributed by atoms with van der Waals surface area (Å²) in [6, 6.07) is 0.319. The summed E-state index contributed by atoms with van der Waals surface area (Å²) in [6.45, 7) is 4.14. The number of nitrogen functional groups attached to an aromatic ring is 1. The Labute approximate surface area is 102 Å². The summed E-state index contributed by atoms with van der Waals surface area (Å²) in [5, 5.41) is 5.92. The summed E-state index contributed by atoms with van der Waals surface area (Å²) < 4.78 is 5.67. The van der Waals surface area contributed by atoms with Crippen LogP contribution in [0, 0.1) is 0 Å². The lowest BCUT2D eigenvalue weighted by Gasteiger charge is -2.16. The second kappa shape index (κ2) is 6.12. The van der Waals surface area contributed by atoms with Crippen LogP contribution in [-0.2, 0) is 0 Å². The van der Waals surface area contributed by atoms with Gasteiger partial charge in [-0.3, -0.25) is 0 Å². The van der Waals surface area contributed by atoms with Crippen LogP contribution >= 0.6 is 0 Å². The zero-order valence-corrected chi connectivity index (χ0v) is 10.9. The molecule has 1 aromatic heterocycles. The third-order valence-electron chi connectivity index (χ3n) is 2.59. The molecule has 0 bridgehead atoms. The van der Waals surface area contributed by atoms with Crippen molar-refractivity contribution in [3.8, 4) is 6.01 Å². The Hall–Kier alpha value is -1.72. The van der Waals surface area contributed by atoms with E-state index in [9.17, 15) is 0 Å². The predicted molar refractivity (Wildman–Crippen MR) is 70.5 cm³/mol. The van der Waals surface area contributed by atoms with E-state index in [1.807, 2.05) is 0 Å². The molecule has 17 heavy (non-hydrogen) atoms. The van der Waals surface area contributed by atoms with Crippen LogP contribution < -0.4 is 21.1 Å². The fourth-order valence-corrected chi connectivity index (χ4v) is 1.54. The summed E-state index contributed by atoms with van der Waals surface area (Å²) in [5.41, 5.74) is 6.52. The minimum absolute atomic E-state index is 0.125. The smallest absolute Gasteiger partial charge is 0.320 e. The molecule has 0 spiro atoms. The Morgan fingerprint density at radius 2 is 1.82 bits per heavy atom. The summed E-state index contributed by atoms with van der Waals surface area (Å²) in [7, 11) is 3.56. The van der Waals surface area contributed by atoms with Gasteiger partial charge in [0.05, 0.1) is 0 Å². The third kappa shape index (κ3) is 3.12. The van der Waals surface area contributed by atoms with Crippen LogP contribution in [-0.4, -0.2) is 30.2 Å². The largest absolute Gasteiger partial charge is 0.460 e. The van der Waals surface area contributed by atoms with Crippen molar-refractivity contribution < 1.29 is 4.74 Å². The van der Waals surface area contributed by atoms with E-state index in [1.54, 1.807) is 14.1 Å². The SMILES string of the molecule is CCC(CC)Oc1nc(N)c(NC)c(NC)n1. The molecule has 0 aliphatic heterocycles. The van der Waals surface area contributed by atoms with E-state index >= 15 is 0 Å². The van der Waals surface area contributed by atoms with E-state index in [2.05, 4.69) is 34.4 Å². The molecule has 0 radical (unpaired) electrons. The van der Waals surface area contributed by atoms with Crippen molar-refractivity contribution in [1.29, 1.82) is 0 Å². The molecule has 0 aromatic carbocycles. The van der Waals surface area contributed by atoms with E-state index in [0.29, 0.717) is 23.3 Å². The molecule has 6 nitrogen and oxygen atoms in total. The maximum Gasteiger partial charge on any atom is 0.320 e. The van der Waals surface area contributed by atoms with Crippen molar-refractivity contribution in [2.45, 2.75) is 32.8 Å². The van der Waals surface area contributed by atoms with Crippen LogP contribution in [0.25, 0.3) is 0 Å². The third-order valence-corrected chi connectivity index (χ3v) is 2.59. The van der Waals surface area contributed by atoms with E-state index in [1.165, 1.54) is 0 Å². The first kappa shape index (κ1) is 13.3. The quantitative estimate of drug-likeness (QED) is 0.700. The second-order valence-electron chi connectivity index (χ2n) is 3.67. The molecule has 0 amide bonds. The molecule has 0 aliphatic rings. The number of aromatic nitrogens is 2. The van der Waals surface area contributed by atoms with Crippen LogP contribution in [0.2, 0.25) is 0 Å². The number of hydrogen-bond acceptors (Lipinski definition) is 6. The molecule has 1 aromatic rings. The number of anilines is 3. The lowest BCUT2D eigenvalue weighted by Crippen LogP contribution is -2.17. The molecule has 6 heteroatoms. The zero-order valence-electron chi connectivity index (χ0n) is 10.9. The number of nitrogens with two attached hydrogens (primary N) is 1. The van der Waals surface area contributed by atoms with Crippen molar-refractivity contribution >= 4 is 17.3 Å². The minimum atomic E-state index is 0.125. The highest BCUT2D eigenvalue weighted by Crippen LogP contribution is 2.27. The molecular formula is C11H21N5O. The highest BCUT2D eigenvalue weighted by atomic mass is 16.5. The average molecular weight is 239 g/mol. The lowest BCUT2D eigenvalue weighted by atomic mass is 10.2. The van der Waals surface area contributed by atoms with Crippen molar-refractivity contribution in [3.63, 3.8) is 0 Å². The maximum atomic E-state index is 5.83. The number of rotatable bonds is 6. The molecule has 1 rings (SSSR count). The van der Waals surface area contributed by atoms with Crippen molar-refractivity contribution in [3.05, 3.63) is 0 Å². The van der Waals surface area contributed by atoms with Crippen LogP contribution in [0.15, 0.2) is 0 Å². The summed E-state index contributed by atoms with van der Waals surface area (Å²) >= 11 is 0. The molecule has 4 N–H and O–H groups in total. The highest BCUT2D eigenvalue weighted by molar-refractivity contribution is 5.75. The minimum Gasteiger partial charge on any atom is -0.460 e. The van der Waals surface area contributed by atoms with Gasteiger partial charge in [0.25, 0.3) is 0 Å². The summed E-state index contributed by atoms with van der Waals surface area (Å²) in [6.07, 6.45) is 1.96. The zero-order chi connectivity index (χ0) is 12.8. The highest BCUT2D eigenvalue weighted by Gasteiger charge is 2.13. The monoisotopic (exact) mass is 239 g/mol. The Balaban J connectivity index is 2.98. The molecule has 0 aliphatic carbocycles. The predicted octanol–water partition coefficient (Wildman–Crippen LogP) is 1.71. The molecule has 0 atom stereocenters. The van der Waals surface area contributed by atoms with Gasteiger partial charge in [0.2, 0.25) is 0 Å². The number of nitrogens with zero attached hydrogens (tertiary/aromatic N) is 2. The Morgan fingerprint density at radius 3 is 2.29 bits per heavy atom. The Kier molecular flexibility index (Phi) is 4.81. The molecule has 0 unspecified atom stereocenters. The molecule has 0 saturated heterocycles. The maximum absolute atomic E-state index is 5.83. The summed E-state index contributed by atoms with van der Waals surface area (Å²) in [5.74, 6) is 1.02. The van der Waals surface area contributed by atoms with Crippen molar-refractivity contribution in [1.82, 2.24) is 9.97 Å². The fraction of sp³-hybridized carbons (Fsp3) is 0.636. The fourth-order valence-electron chi connectivity index (χ4n) is 1.54. The molecule has 0 fully saturated rings. The molecule has 96 valence electrons. The van der Waals surface area contributed by atoms with Gasteiger partial charge >= 0.3 is 6.01 Å². The van der Waals surface area contributed by atoms with Crippen LogP contribution in [0.3, 0.4) is 0 Å². The molecular weight excluding hydrogens is 218 g/mol. The van der Waals surface area contributed by atoms with Gasteiger partial charge in [-0.25, -0.2) is 0 Å². The first-order valence-corrected chi connectivity index (χ1v) is 5.85. The topological polar surface area (TPSA) is 85.1 Å². The Bertz CT molecular complexity index is 365. The molecule has 1 heterocycles. The first-order chi connectivity index (χ1) is 8.15. The van der Waals surface area contributed by atoms with Gasteiger partial charge in [-0.1, -0.05) is 13.8 Å². The van der Waals surface area contributed by atoms with Gasteiger partial charge < -0.3 is 21.1 Å². The first-order valence-electron chi connectivity index (χ1n) is 5.85. The van der Waals surface area contributed by atoms with Gasteiger partial charge in [0.15, 0.2) is 11.6 Å². The standard InChI is InChI=1S/C11H21N5O/c1-5-7(6-2)17-11-15-9(12)8(13-3)10(14-4)16-11/h7,13H,5-6H2,1-4H3,(H3,12,14,15,16). The van der Waals surface area contributed by atoms with Gasteiger partial charge in [-0.2, -0.15) is 9.97 Å². The van der Waals surface area contributed by atoms with Gasteiger partial charge in [-0.05, 0) is 12.8 Å². The number of hydrogen-bond donors (Lipinski definition) is 3. The van der Waals surface area contributed by atoms with Crippen LogP contribution in [0.1, 0.15) is 26.7 Å². The van der Waals surface area contributed by atoms with Gasteiger partial charge in [-0.15, -0.1) is 0 Å². The van der Waals surface area contributed by atoms with E-state index in [0.717, 1.165) is 12.8 Å². The van der Waals surface area contributed by atoms with Gasteiger partial charge in [0.1, 0.15) is 11.8 Å². The average Bonchev–Trinajstić information content (AvgIpc) is 2.35. The van der Waals surface area contributed by atoms with E-state index < -0.39 is 0 Å². The van der Waals surface area contributed by atoms with Crippen LogP contribution in [0.4, 0.5) is 17.3 Å². The summed E-state index contributed by atoms with van der Waals surface area (Å²) in [4.78, 5) is 8.40. The Morgan fingerprint density at radius 1 is 1.18 bits per heavy atom. The second-order valence-corrected chi connectivity index (χ2v) is 3.67. The normalized spacial score (nSPS) is 10.4. The van der Waals surface area contributed by atoms with Crippen molar-refractivity contribution in [2.24, 2.45) is 0 Å². The lowest BCUT2D eigenvalue weighted by molar-refractivity contribution is 0.177. The number of nitrogens with one attached hydrogen (secondary N) is 2.